The number of likely N-dealkylation sites (tertiary alicyclic amines) is 1. The second-order valence-electron chi connectivity index (χ2n) is 5.40. The molecule has 5 nitrogen and oxygen atoms in total. The highest BCUT2D eigenvalue weighted by Gasteiger charge is 2.31. The van der Waals surface area contributed by atoms with Gasteiger partial charge in [0.1, 0.15) is 0 Å². The van der Waals surface area contributed by atoms with Gasteiger partial charge in [0.2, 0.25) is 0 Å². The lowest BCUT2D eigenvalue weighted by atomic mass is 9.98. The molecule has 0 saturated carbocycles. The molecular formula is C16H22N2O3. The van der Waals surface area contributed by atoms with Crippen molar-refractivity contribution in [1.29, 1.82) is 0 Å². The van der Waals surface area contributed by atoms with Gasteiger partial charge < -0.3 is 15.4 Å². The number of hydrogen-bond donors (Lipinski definition) is 1. The van der Waals surface area contributed by atoms with E-state index in [9.17, 15) is 9.59 Å². The third kappa shape index (κ3) is 3.49. The summed E-state index contributed by atoms with van der Waals surface area (Å²) in [6.45, 7) is 2.58. The molecule has 1 fully saturated rings. The number of carbonyl (C=O) groups excluding carboxylic acids is 2. The molecular weight excluding hydrogens is 268 g/mol. The molecule has 0 aromatic heterocycles. The first kappa shape index (κ1) is 15.7. The first-order valence-corrected chi connectivity index (χ1v) is 7.21. The minimum absolute atomic E-state index is 0.00341. The molecule has 1 heterocycles. The fraction of sp³-hybridized carbons (Fsp3) is 0.500. The Bertz CT molecular complexity index is 513. The molecule has 0 bridgehead atoms. The van der Waals surface area contributed by atoms with E-state index < -0.39 is 0 Å². The smallest absolute Gasteiger partial charge is 0.254 e. The molecule has 0 spiro atoms. The van der Waals surface area contributed by atoms with Crippen molar-refractivity contribution in [3.8, 4) is 0 Å². The summed E-state index contributed by atoms with van der Waals surface area (Å²) in [5.74, 6) is -0.0372. The number of Topliss-reactive ketones (excluding diaryl/α,β-unsaturated/α-hetero) is 1. The van der Waals surface area contributed by atoms with E-state index in [2.05, 4.69) is 0 Å². The third-order valence-corrected chi connectivity index (χ3v) is 4.07. The Morgan fingerprint density at radius 2 is 1.90 bits per heavy atom. The van der Waals surface area contributed by atoms with Crippen molar-refractivity contribution < 1.29 is 14.3 Å². The van der Waals surface area contributed by atoms with Crippen molar-refractivity contribution in [2.24, 2.45) is 5.73 Å². The van der Waals surface area contributed by atoms with Crippen LogP contribution in [0, 0.1) is 0 Å². The first-order valence-electron chi connectivity index (χ1n) is 7.21. The molecule has 2 N–H and O–H groups in total. The Hall–Kier alpha value is -1.72. The van der Waals surface area contributed by atoms with E-state index >= 15 is 0 Å². The average Bonchev–Trinajstić information content (AvgIpc) is 2.53. The van der Waals surface area contributed by atoms with Crippen molar-refractivity contribution in [1.82, 2.24) is 4.90 Å². The summed E-state index contributed by atoms with van der Waals surface area (Å²) in [5.41, 5.74) is 7.00. The fourth-order valence-corrected chi connectivity index (χ4v) is 2.73. The van der Waals surface area contributed by atoms with Gasteiger partial charge in [0.15, 0.2) is 5.78 Å². The molecule has 1 aromatic rings. The molecule has 5 heteroatoms. The minimum Gasteiger partial charge on any atom is -0.381 e. The van der Waals surface area contributed by atoms with Crippen LogP contribution in [-0.2, 0) is 4.74 Å². The summed E-state index contributed by atoms with van der Waals surface area (Å²) < 4.78 is 5.37. The topological polar surface area (TPSA) is 72.6 Å². The average molecular weight is 290 g/mol. The van der Waals surface area contributed by atoms with E-state index in [1.165, 1.54) is 6.92 Å². The first-order chi connectivity index (χ1) is 10.1. The minimum atomic E-state index is -0.0323. The maximum absolute atomic E-state index is 12.6. The predicted molar refractivity (Wildman–Crippen MR) is 80.4 cm³/mol. The van der Waals surface area contributed by atoms with E-state index in [1.54, 1.807) is 31.4 Å². The van der Waals surface area contributed by atoms with Crippen molar-refractivity contribution >= 4 is 11.7 Å². The Morgan fingerprint density at radius 3 is 2.43 bits per heavy atom. The van der Waals surface area contributed by atoms with Gasteiger partial charge in [-0.1, -0.05) is 12.1 Å². The Labute approximate surface area is 125 Å². The number of amides is 1. The molecule has 1 aromatic carbocycles. The van der Waals surface area contributed by atoms with E-state index in [0.29, 0.717) is 24.2 Å². The summed E-state index contributed by atoms with van der Waals surface area (Å²) in [6, 6.07) is 6.79. The van der Waals surface area contributed by atoms with Gasteiger partial charge in [0.05, 0.1) is 6.10 Å². The highest BCUT2D eigenvalue weighted by Crippen LogP contribution is 2.21. The van der Waals surface area contributed by atoms with Crippen LogP contribution in [0.5, 0.6) is 0 Å². The standard InChI is InChI=1S/C16H22N2O3/c1-11(19)12-3-5-13(6-4-12)16(20)18-8-7-15(21-2)9-14(18)10-17/h3-6,14-15H,7-10,17H2,1-2H3/t14-,15+/m0/s1. The van der Waals surface area contributed by atoms with Crippen LogP contribution in [0.4, 0.5) is 0 Å². The lowest BCUT2D eigenvalue weighted by Gasteiger charge is -2.38. The number of nitrogens with zero attached hydrogens (tertiary/aromatic N) is 1. The number of piperidine rings is 1. The molecule has 2 atom stereocenters. The van der Waals surface area contributed by atoms with Crippen LogP contribution >= 0.6 is 0 Å². The third-order valence-electron chi connectivity index (χ3n) is 4.07. The van der Waals surface area contributed by atoms with Crippen LogP contribution in [0.2, 0.25) is 0 Å². The summed E-state index contributed by atoms with van der Waals surface area (Å²) >= 11 is 0. The SMILES string of the molecule is CO[C@@H]1CCN(C(=O)c2ccc(C(C)=O)cc2)[C@H](CN)C1. The van der Waals surface area contributed by atoms with Crippen molar-refractivity contribution in [3.63, 3.8) is 0 Å². The number of ketones is 1. The van der Waals surface area contributed by atoms with Gasteiger partial charge in [-0.25, -0.2) is 0 Å². The van der Waals surface area contributed by atoms with Gasteiger partial charge in [0, 0.05) is 37.4 Å². The van der Waals surface area contributed by atoms with E-state index in [1.807, 2.05) is 4.90 Å². The molecule has 1 saturated heterocycles. The van der Waals surface area contributed by atoms with Gasteiger partial charge in [-0.2, -0.15) is 0 Å². The molecule has 1 aliphatic rings. The number of nitrogens with two attached hydrogens (primary N) is 1. The summed E-state index contributed by atoms with van der Waals surface area (Å²) in [6.07, 6.45) is 1.76. The molecule has 1 amide bonds. The van der Waals surface area contributed by atoms with Crippen LogP contribution in [0.3, 0.4) is 0 Å². The maximum atomic E-state index is 12.6. The molecule has 0 unspecified atom stereocenters. The number of hydrogen-bond acceptors (Lipinski definition) is 4. The summed E-state index contributed by atoms with van der Waals surface area (Å²) in [7, 11) is 1.69. The zero-order valence-electron chi connectivity index (χ0n) is 12.5. The summed E-state index contributed by atoms with van der Waals surface area (Å²) in [5, 5.41) is 0. The zero-order valence-corrected chi connectivity index (χ0v) is 12.5. The fourth-order valence-electron chi connectivity index (χ4n) is 2.73. The molecule has 21 heavy (non-hydrogen) atoms. The van der Waals surface area contributed by atoms with E-state index in [-0.39, 0.29) is 23.8 Å². The maximum Gasteiger partial charge on any atom is 0.254 e. The number of carbonyl (C=O) groups is 2. The highest BCUT2D eigenvalue weighted by molar-refractivity contribution is 5.97. The van der Waals surface area contributed by atoms with Gasteiger partial charge in [-0.05, 0) is 31.9 Å². The number of ether oxygens (including phenoxy) is 1. The number of rotatable bonds is 4. The van der Waals surface area contributed by atoms with Gasteiger partial charge in [-0.15, -0.1) is 0 Å². The monoisotopic (exact) mass is 290 g/mol. The van der Waals surface area contributed by atoms with Crippen molar-refractivity contribution in [2.75, 3.05) is 20.2 Å². The van der Waals surface area contributed by atoms with Crippen molar-refractivity contribution in [2.45, 2.75) is 31.9 Å². The molecule has 0 radical (unpaired) electrons. The van der Waals surface area contributed by atoms with Crippen LogP contribution in [0.15, 0.2) is 24.3 Å². The Balaban J connectivity index is 2.13. The van der Waals surface area contributed by atoms with Crippen LogP contribution < -0.4 is 5.73 Å². The quantitative estimate of drug-likeness (QED) is 0.852. The van der Waals surface area contributed by atoms with Gasteiger partial charge in [0.25, 0.3) is 5.91 Å². The normalized spacial score (nSPS) is 22.1. The molecule has 114 valence electrons. The van der Waals surface area contributed by atoms with Gasteiger partial charge in [-0.3, -0.25) is 9.59 Å². The molecule has 2 rings (SSSR count). The molecule has 0 aliphatic carbocycles. The second-order valence-corrected chi connectivity index (χ2v) is 5.40. The lowest BCUT2D eigenvalue weighted by molar-refractivity contribution is 0.0139. The van der Waals surface area contributed by atoms with Crippen LogP contribution in [0.1, 0.15) is 40.5 Å². The zero-order chi connectivity index (χ0) is 15.4. The predicted octanol–water partition coefficient (Wildman–Crippen LogP) is 1.47. The molecule has 1 aliphatic heterocycles. The number of methoxy groups -OCH3 is 1. The van der Waals surface area contributed by atoms with E-state index in [0.717, 1.165) is 12.8 Å². The Kier molecular flexibility index (Phi) is 5.09. The second kappa shape index (κ2) is 6.83. The lowest BCUT2D eigenvalue weighted by Crippen LogP contribution is -2.51. The summed E-state index contributed by atoms with van der Waals surface area (Å²) in [4.78, 5) is 25.7. The highest BCUT2D eigenvalue weighted by atomic mass is 16.5. The van der Waals surface area contributed by atoms with Crippen molar-refractivity contribution in [3.05, 3.63) is 35.4 Å². The van der Waals surface area contributed by atoms with Crippen LogP contribution in [-0.4, -0.2) is 48.9 Å². The van der Waals surface area contributed by atoms with Crippen LogP contribution in [0.25, 0.3) is 0 Å². The van der Waals surface area contributed by atoms with Gasteiger partial charge >= 0.3 is 0 Å². The largest absolute Gasteiger partial charge is 0.381 e. The van der Waals surface area contributed by atoms with E-state index in [4.69, 9.17) is 10.5 Å². The number of benzene rings is 1. The Morgan fingerprint density at radius 1 is 1.29 bits per heavy atom.